The topological polar surface area (TPSA) is 94.8 Å². The van der Waals surface area contributed by atoms with Gasteiger partial charge < -0.3 is 20.2 Å². The van der Waals surface area contributed by atoms with Gasteiger partial charge in [0.2, 0.25) is 0 Å². The lowest BCUT2D eigenvalue weighted by atomic mass is 9.94. The first-order valence-corrected chi connectivity index (χ1v) is 8.60. The standard InChI is InChI=1S/C20H15F2N3O4/c21-14-7-3-8-15(22)17(14)25-19(27)24-16-9-2-1-6-13(16)20(25,28)18(26)23-11-12-5-4-10-29-12/h1-10,28H,11H2,(H,23,26)(H,24,27). The smallest absolute Gasteiger partial charge is 0.329 e. The SMILES string of the molecule is O=C1Nc2ccccc2C(O)(C(=O)NCc2ccco2)N1c1c(F)cccc1F. The number of nitrogens with one attached hydrogen (secondary N) is 2. The number of halogens is 2. The minimum atomic E-state index is -2.71. The molecule has 2 aromatic carbocycles. The fraction of sp³-hybridized carbons (Fsp3) is 0.100. The maximum absolute atomic E-state index is 14.5. The van der Waals surface area contributed by atoms with Gasteiger partial charge in [0.1, 0.15) is 23.1 Å². The molecule has 1 atom stereocenters. The molecule has 7 nitrogen and oxygen atoms in total. The van der Waals surface area contributed by atoms with Gasteiger partial charge in [-0.05, 0) is 30.3 Å². The van der Waals surface area contributed by atoms with Crippen LogP contribution in [0.1, 0.15) is 11.3 Å². The summed E-state index contributed by atoms with van der Waals surface area (Å²) in [6.07, 6.45) is 1.40. The van der Waals surface area contributed by atoms with Crippen LogP contribution >= 0.6 is 0 Å². The van der Waals surface area contributed by atoms with Gasteiger partial charge >= 0.3 is 6.03 Å². The second kappa shape index (κ2) is 7.02. The van der Waals surface area contributed by atoms with Crippen molar-refractivity contribution in [3.63, 3.8) is 0 Å². The summed E-state index contributed by atoms with van der Waals surface area (Å²) in [7, 11) is 0. The van der Waals surface area contributed by atoms with Crippen LogP contribution < -0.4 is 15.5 Å². The number of carbonyl (C=O) groups is 2. The largest absolute Gasteiger partial charge is 0.467 e. The van der Waals surface area contributed by atoms with Gasteiger partial charge in [-0.3, -0.25) is 4.79 Å². The summed E-state index contributed by atoms with van der Waals surface area (Å²) in [6, 6.07) is 11.1. The Morgan fingerprint density at radius 2 is 1.83 bits per heavy atom. The van der Waals surface area contributed by atoms with E-state index < -0.39 is 35.0 Å². The van der Waals surface area contributed by atoms with E-state index in [9.17, 15) is 23.5 Å². The molecule has 4 rings (SSSR count). The third kappa shape index (κ3) is 3.01. The molecule has 1 aliphatic rings. The molecule has 3 N–H and O–H groups in total. The minimum Gasteiger partial charge on any atom is -0.467 e. The third-order valence-electron chi connectivity index (χ3n) is 4.55. The average molecular weight is 399 g/mol. The Labute approximate surface area is 163 Å². The van der Waals surface area contributed by atoms with Crippen molar-refractivity contribution in [2.24, 2.45) is 0 Å². The van der Waals surface area contributed by atoms with Crippen molar-refractivity contribution in [3.8, 4) is 0 Å². The molecular weight excluding hydrogens is 384 g/mol. The predicted octanol–water partition coefficient (Wildman–Crippen LogP) is 3.07. The lowest BCUT2D eigenvalue weighted by molar-refractivity contribution is -0.140. The van der Waals surface area contributed by atoms with E-state index in [1.807, 2.05) is 0 Å². The summed E-state index contributed by atoms with van der Waals surface area (Å²) in [4.78, 5) is 26.2. The third-order valence-corrected chi connectivity index (χ3v) is 4.55. The molecule has 2 heterocycles. The number of rotatable bonds is 4. The number of para-hydroxylation sites is 2. The highest BCUT2D eigenvalue weighted by atomic mass is 19.1. The van der Waals surface area contributed by atoms with Crippen LogP contribution in [0, 0.1) is 11.6 Å². The number of carbonyl (C=O) groups excluding carboxylic acids is 2. The molecule has 3 amide bonds. The number of urea groups is 1. The van der Waals surface area contributed by atoms with Crippen LogP contribution in [0.15, 0.2) is 65.3 Å². The van der Waals surface area contributed by atoms with E-state index in [4.69, 9.17) is 4.42 Å². The van der Waals surface area contributed by atoms with Crippen molar-refractivity contribution in [2.45, 2.75) is 12.3 Å². The van der Waals surface area contributed by atoms with E-state index in [0.29, 0.717) is 10.7 Å². The maximum atomic E-state index is 14.5. The Morgan fingerprint density at radius 1 is 1.10 bits per heavy atom. The van der Waals surface area contributed by atoms with Gasteiger partial charge in [-0.25, -0.2) is 18.5 Å². The Balaban J connectivity index is 1.84. The van der Waals surface area contributed by atoms with Crippen molar-refractivity contribution in [1.82, 2.24) is 5.32 Å². The number of aliphatic hydroxyl groups is 1. The molecule has 3 aromatic rings. The highest BCUT2D eigenvalue weighted by Gasteiger charge is 2.53. The van der Waals surface area contributed by atoms with Gasteiger partial charge in [0.25, 0.3) is 11.6 Å². The van der Waals surface area contributed by atoms with Gasteiger partial charge in [0.05, 0.1) is 18.5 Å². The first-order valence-electron chi connectivity index (χ1n) is 8.60. The number of amides is 3. The quantitative estimate of drug-likeness (QED) is 0.628. The Bertz CT molecular complexity index is 1070. The van der Waals surface area contributed by atoms with Crippen LogP contribution in [0.4, 0.5) is 25.0 Å². The molecular formula is C20H15F2N3O4. The van der Waals surface area contributed by atoms with E-state index in [1.54, 1.807) is 18.2 Å². The molecule has 0 saturated carbocycles. The Kier molecular flexibility index (Phi) is 4.51. The molecule has 148 valence electrons. The Morgan fingerprint density at radius 3 is 2.52 bits per heavy atom. The van der Waals surface area contributed by atoms with Crippen molar-refractivity contribution < 1.29 is 27.9 Å². The highest BCUT2D eigenvalue weighted by molar-refractivity contribution is 6.11. The second-order valence-corrected chi connectivity index (χ2v) is 6.32. The monoisotopic (exact) mass is 399 g/mol. The van der Waals surface area contributed by atoms with E-state index in [1.165, 1.54) is 24.5 Å². The number of benzene rings is 2. The normalized spacial score (nSPS) is 18.2. The van der Waals surface area contributed by atoms with Crippen LogP contribution in [-0.2, 0) is 17.1 Å². The van der Waals surface area contributed by atoms with Gasteiger partial charge in [-0.15, -0.1) is 0 Å². The lowest BCUT2D eigenvalue weighted by Crippen LogP contribution is -2.62. The van der Waals surface area contributed by atoms with Crippen molar-refractivity contribution in [3.05, 3.63) is 83.8 Å². The first kappa shape index (κ1) is 18.6. The molecule has 0 bridgehead atoms. The minimum absolute atomic E-state index is 0.0424. The molecule has 1 unspecified atom stereocenters. The van der Waals surface area contributed by atoms with Crippen LogP contribution in [0.25, 0.3) is 0 Å². The van der Waals surface area contributed by atoms with Crippen molar-refractivity contribution >= 4 is 23.3 Å². The summed E-state index contributed by atoms with van der Waals surface area (Å²) in [5.41, 5.74) is -3.47. The Hall–Kier alpha value is -3.72. The van der Waals surface area contributed by atoms with Crippen LogP contribution in [0.2, 0.25) is 0 Å². The zero-order valence-electron chi connectivity index (χ0n) is 14.9. The van der Waals surface area contributed by atoms with Gasteiger partial charge in [0, 0.05) is 5.56 Å². The number of nitrogens with zero attached hydrogens (tertiary/aromatic N) is 1. The fourth-order valence-electron chi connectivity index (χ4n) is 3.23. The van der Waals surface area contributed by atoms with Crippen LogP contribution in [0.3, 0.4) is 0 Å². The van der Waals surface area contributed by atoms with Crippen molar-refractivity contribution in [2.75, 3.05) is 10.2 Å². The molecule has 0 radical (unpaired) electrons. The maximum Gasteiger partial charge on any atom is 0.329 e. The number of hydrogen-bond acceptors (Lipinski definition) is 4. The zero-order valence-corrected chi connectivity index (χ0v) is 14.9. The predicted molar refractivity (Wildman–Crippen MR) is 98.7 cm³/mol. The molecule has 29 heavy (non-hydrogen) atoms. The summed E-state index contributed by atoms with van der Waals surface area (Å²) in [5, 5.41) is 16.3. The van der Waals surface area contributed by atoms with E-state index >= 15 is 0 Å². The van der Waals surface area contributed by atoms with Crippen molar-refractivity contribution in [1.29, 1.82) is 0 Å². The number of furan rings is 1. The first-order chi connectivity index (χ1) is 13.9. The molecule has 1 aromatic heterocycles. The second-order valence-electron chi connectivity index (χ2n) is 6.32. The molecule has 0 spiro atoms. The van der Waals surface area contributed by atoms with Crippen LogP contribution in [-0.4, -0.2) is 17.0 Å². The van der Waals surface area contributed by atoms with E-state index in [0.717, 1.165) is 18.2 Å². The summed E-state index contributed by atoms with van der Waals surface area (Å²) in [6.45, 7) is -0.106. The molecule has 0 fully saturated rings. The molecule has 0 aliphatic carbocycles. The van der Waals surface area contributed by atoms with Gasteiger partial charge in [-0.2, -0.15) is 0 Å². The number of anilines is 2. The molecule has 9 heteroatoms. The van der Waals surface area contributed by atoms with Crippen LogP contribution in [0.5, 0.6) is 0 Å². The average Bonchev–Trinajstić information content (AvgIpc) is 3.22. The zero-order chi connectivity index (χ0) is 20.6. The number of fused-ring (bicyclic) bond motifs is 1. The summed E-state index contributed by atoms with van der Waals surface area (Å²) < 4.78 is 34.1. The lowest BCUT2D eigenvalue weighted by Gasteiger charge is -2.42. The van der Waals surface area contributed by atoms with E-state index in [-0.39, 0.29) is 17.8 Å². The van der Waals surface area contributed by atoms with Gasteiger partial charge in [-0.1, -0.05) is 24.3 Å². The molecule has 0 saturated heterocycles. The summed E-state index contributed by atoms with van der Waals surface area (Å²) >= 11 is 0. The summed E-state index contributed by atoms with van der Waals surface area (Å²) in [5.74, 6) is -2.90. The highest BCUT2D eigenvalue weighted by Crippen LogP contribution is 2.41. The van der Waals surface area contributed by atoms with Gasteiger partial charge in [0.15, 0.2) is 0 Å². The van der Waals surface area contributed by atoms with E-state index in [2.05, 4.69) is 10.6 Å². The number of hydrogen-bond donors (Lipinski definition) is 3. The molecule has 1 aliphatic heterocycles. The fourth-order valence-corrected chi connectivity index (χ4v) is 3.23.